The maximum absolute atomic E-state index is 12.9. The smallest absolute Gasteiger partial charge is 0.336 e. The van der Waals surface area contributed by atoms with Crippen LogP contribution in [-0.2, 0) is 6.18 Å². The summed E-state index contributed by atoms with van der Waals surface area (Å²) >= 11 is 0. The van der Waals surface area contributed by atoms with E-state index < -0.39 is 11.7 Å². The average Bonchev–Trinajstić information content (AvgIpc) is 2.95. The summed E-state index contributed by atoms with van der Waals surface area (Å²) in [7, 11) is 0. The van der Waals surface area contributed by atoms with Crippen molar-refractivity contribution in [3.8, 4) is 5.69 Å². The van der Waals surface area contributed by atoms with Crippen LogP contribution in [0.25, 0.3) is 5.69 Å². The number of nitrogens with one attached hydrogen (secondary N) is 1. The molecule has 1 saturated heterocycles. The van der Waals surface area contributed by atoms with Gasteiger partial charge in [-0.05, 0) is 32.0 Å². The second kappa shape index (κ2) is 6.51. The predicted molar refractivity (Wildman–Crippen MR) is 86.7 cm³/mol. The second-order valence-electron chi connectivity index (χ2n) is 6.21. The van der Waals surface area contributed by atoms with Gasteiger partial charge in [0.1, 0.15) is 0 Å². The van der Waals surface area contributed by atoms with Crippen LogP contribution in [0.2, 0.25) is 0 Å². The number of piperazine rings is 1. The van der Waals surface area contributed by atoms with Crippen LogP contribution in [0, 0.1) is 6.92 Å². The summed E-state index contributed by atoms with van der Waals surface area (Å²) in [5.41, 5.74) is 0.464. The number of alkyl halides is 3. The number of halogens is 3. The van der Waals surface area contributed by atoms with Crippen LogP contribution in [-0.4, -0.2) is 46.3 Å². The number of hydrogen-bond acceptors (Lipinski definition) is 3. The Morgan fingerprint density at radius 2 is 2.12 bits per heavy atom. The molecule has 1 aromatic carbocycles. The molecule has 1 N–H and O–H groups in total. The highest BCUT2D eigenvalue weighted by Gasteiger charge is 2.31. The van der Waals surface area contributed by atoms with E-state index in [9.17, 15) is 18.0 Å². The lowest BCUT2D eigenvalue weighted by Crippen LogP contribution is -2.51. The quantitative estimate of drug-likeness (QED) is 0.904. The summed E-state index contributed by atoms with van der Waals surface area (Å²) in [5, 5.41) is 7.39. The van der Waals surface area contributed by atoms with Crippen LogP contribution in [0.3, 0.4) is 0 Å². The molecule has 1 aliphatic rings. The summed E-state index contributed by atoms with van der Waals surface area (Å²) in [6.45, 7) is 5.59. The van der Waals surface area contributed by atoms with Gasteiger partial charge in [0.05, 0.1) is 28.7 Å². The first-order valence-corrected chi connectivity index (χ1v) is 8.02. The van der Waals surface area contributed by atoms with Gasteiger partial charge >= 0.3 is 6.18 Å². The molecule has 25 heavy (non-hydrogen) atoms. The van der Waals surface area contributed by atoms with Gasteiger partial charge in [0.25, 0.3) is 5.91 Å². The van der Waals surface area contributed by atoms with Crippen molar-refractivity contribution in [3.05, 3.63) is 47.3 Å². The summed E-state index contributed by atoms with van der Waals surface area (Å²) in [4.78, 5) is 14.4. The molecule has 1 aliphatic heterocycles. The first-order valence-electron chi connectivity index (χ1n) is 8.02. The Kier molecular flexibility index (Phi) is 4.55. The third-order valence-corrected chi connectivity index (χ3v) is 4.31. The van der Waals surface area contributed by atoms with E-state index in [1.165, 1.54) is 23.0 Å². The number of carbonyl (C=O) groups is 1. The van der Waals surface area contributed by atoms with Crippen molar-refractivity contribution in [2.45, 2.75) is 26.1 Å². The monoisotopic (exact) mass is 352 g/mol. The molecule has 0 saturated carbocycles. The van der Waals surface area contributed by atoms with Gasteiger partial charge in [0.15, 0.2) is 0 Å². The molecule has 134 valence electrons. The Hall–Kier alpha value is -2.35. The van der Waals surface area contributed by atoms with Crippen LogP contribution in [0.15, 0.2) is 30.5 Å². The van der Waals surface area contributed by atoms with Crippen molar-refractivity contribution in [1.82, 2.24) is 20.0 Å². The van der Waals surface area contributed by atoms with Crippen LogP contribution >= 0.6 is 0 Å². The Balaban J connectivity index is 1.90. The minimum atomic E-state index is -4.42. The number of amides is 1. The van der Waals surface area contributed by atoms with Crippen molar-refractivity contribution in [2.24, 2.45) is 0 Å². The SMILES string of the molecule is Cc1c(C(=O)N2CCNC(C)C2)cnn1-c1cccc(C(F)(F)F)c1. The van der Waals surface area contributed by atoms with E-state index in [0.717, 1.165) is 12.1 Å². The molecular weight excluding hydrogens is 333 g/mol. The molecule has 0 bridgehead atoms. The zero-order valence-corrected chi connectivity index (χ0v) is 14.0. The van der Waals surface area contributed by atoms with Gasteiger partial charge in [0, 0.05) is 25.7 Å². The molecule has 2 heterocycles. The number of benzene rings is 1. The molecule has 1 atom stereocenters. The number of aromatic nitrogens is 2. The molecule has 1 amide bonds. The van der Waals surface area contributed by atoms with Crippen molar-refractivity contribution >= 4 is 5.91 Å². The molecule has 0 radical (unpaired) electrons. The normalized spacial score (nSPS) is 18.4. The van der Waals surface area contributed by atoms with Crippen molar-refractivity contribution in [3.63, 3.8) is 0 Å². The first-order chi connectivity index (χ1) is 11.8. The van der Waals surface area contributed by atoms with Crippen molar-refractivity contribution in [1.29, 1.82) is 0 Å². The van der Waals surface area contributed by atoms with Crippen molar-refractivity contribution < 1.29 is 18.0 Å². The average molecular weight is 352 g/mol. The van der Waals surface area contributed by atoms with Gasteiger partial charge in [-0.1, -0.05) is 6.07 Å². The summed E-state index contributed by atoms with van der Waals surface area (Å²) in [6.07, 6.45) is -3.00. The van der Waals surface area contributed by atoms with Crippen LogP contribution in [0.5, 0.6) is 0 Å². The molecule has 2 aromatic rings. The maximum atomic E-state index is 12.9. The maximum Gasteiger partial charge on any atom is 0.416 e. The van der Waals surface area contributed by atoms with Crippen molar-refractivity contribution in [2.75, 3.05) is 19.6 Å². The zero-order valence-electron chi connectivity index (χ0n) is 14.0. The number of rotatable bonds is 2. The van der Waals surface area contributed by atoms with Gasteiger partial charge in [0.2, 0.25) is 0 Å². The van der Waals surface area contributed by atoms with Crippen LogP contribution in [0.1, 0.15) is 28.5 Å². The predicted octanol–water partition coefficient (Wildman–Crippen LogP) is 2.63. The van der Waals surface area contributed by atoms with Crippen LogP contribution in [0.4, 0.5) is 13.2 Å². The highest BCUT2D eigenvalue weighted by molar-refractivity contribution is 5.95. The third kappa shape index (κ3) is 3.53. The molecule has 3 rings (SSSR count). The van der Waals surface area contributed by atoms with E-state index in [0.29, 0.717) is 30.9 Å². The Morgan fingerprint density at radius 1 is 1.36 bits per heavy atom. The summed E-state index contributed by atoms with van der Waals surface area (Å²) < 4.78 is 40.1. The van der Waals surface area contributed by atoms with Gasteiger partial charge in [-0.2, -0.15) is 18.3 Å². The molecular formula is C17H19F3N4O. The minimum Gasteiger partial charge on any atom is -0.336 e. The third-order valence-electron chi connectivity index (χ3n) is 4.31. The van der Waals surface area contributed by atoms with Gasteiger partial charge in [-0.15, -0.1) is 0 Å². The summed E-state index contributed by atoms with van der Waals surface area (Å²) in [6, 6.07) is 5.11. The lowest BCUT2D eigenvalue weighted by molar-refractivity contribution is -0.137. The fourth-order valence-corrected chi connectivity index (χ4v) is 2.98. The van der Waals surface area contributed by atoms with E-state index in [1.54, 1.807) is 11.8 Å². The van der Waals surface area contributed by atoms with E-state index in [4.69, 9.17) is 0 Å². The largest absolute Gasteiger partial charge is 0.416 e. The fourth-order valence-electron chi connectivity index (χ4n) is 2.98. The highest BCUT2D eigenvalue weighted by atomic mass is 19.4. The lowest BCUT2D eigenvalue weighted by atomic mass is 10.1. The van der Waals surface area contributed by atoms with Gasteiger partial charge < -0.3 is 10.2 Å². The van der Waals surface area contributed by atoms with E-state index in [1.807, 2.05) is 6.92 Å². The van der Waals surface area contributed by atoms with E-state index in [2.05, 4.69) is 10.4 Å². The molecule has 0 spiro atoms. The fraction of sp³-hybridized carbons (Fsp3) is 0.412. The molecule has 1 unspecified atom stereocenters. The van der Waals surface area contributed by atoms with E-state index in [-0.39, 0.29) is 17.6 Å². The lowest BCUT2D eigenvalue weighted by Gasteiger charge is -2.31. The Morgan fingerprint density at radius 3 is 2.80 bits per heavy atom. The topological polar surface area (TPSA) is 50.2 Å². The van der Waals surface area contributed by atoms with E-state index >= 15 is 0 Å². The number of nitrogens with zero attached hydrogens (tertiary/aromatic N) is 3. The Bertz CT molecular complexity index is 784. The van der Waals surface area contributed by atoms with Gasteiger partial charge in [-0.25, -0.2) is 4.68 Å². The Labute approximate surface area is 143 Å². The standard InChI is InChI=1S/C17H19F3N4O/c1-11-10-23(7-6-21-11)16(25)15-9-22-24(12(15)2)14-5-3-4-13(8-14)17(18,19)20/h3-5,8-9,11,21H,6-7,10H2,1-2H3. The number of carbonyl (C=O) groups excluding carboxylic acids is 1. The zero-order chi connectivity index (χ0) is 18.2. The second-order valence-corrected chi connectivity index (χ2v) is 6.21. The number of hydrogen-bond donors (Lipinski definition) is 1. The van der Waals surface area contributed by atoms with Crippen LogP contribution < -0.4 is 5.32 Å². The van der Waals surface area contributed by atoms with Gasteiger partial charge in [-0.3, -0.25) is 4.79 Å². The first kappa shape index (κ1) is 17.5. The molecule has 0 aliphatic carbocycles. The molecule has 8 heteroatoms. The minimum absolute atomic E-state index is 0.149. The molecule has 5 nitrogen and oxygen atoms in total. The molecule has 1 fully saturated rings. The highest BCUT2D eigenvalue weighted by Crippen LogP contribution is 2.30. The molecule has 1 aromatic heterocycles. The summed E-state index contributed by atoms with van der Waals surface area (Å²) in [5.74, 6) is -0.149.